The number of nitrogens with zero attached hydrogens (tertiary/aromatic N) is 4. The van der Waals surface area contributed by atoms with Crippen molar-refractivity contribution < 1.29 is 14.3 Å². The molecule has 0 unspecified atom stereocenters. The largest absolute Gasteiger partial charge is 0.478 e. The highest BCUT2D eigenvalue weighted by atomic mass is 16.4. The third-order valence-corrected chi connectivity index (χ3v) is 2.28. The standard InChI is InChI=1S/C11H6N4O3/c12-2-9-10(3-13)15(6-14-9)4-8-1-7(5-18-8)11(16)17/h1,5-6H,4H2,(H,16,17). The predicted octanol–water partition coefficient (Wildman–Crippen LogP) is 0.966. The summed E-state index contributed by atoms with van der Waals surface area (Å²) in [6, 6.07) is 5.02. The number of rotatable bonds is 3. The van der Waals surface area contributed by atoms with Crippen molar-refractivity contribution in [2.75, 3.05) is 0 Å². The van der Waals surface area contributed by atoms with Gasteiger partial charge in [0.25, 0.3) is 0 Å². The molecule has 18 heavy (non-hydrogen) atoms. The molecule has 0 radical (unpaired) electrons. The zero-order valence-electron chi connectivity index (χ0n) is 8.99. The SMILES string of the molecule is N#Cc1ncn(Cc2cc(C(=O)O)co2)c1C#N. The summed E-state index contributed by atoms with van der Waals surface area (Å²) >= 11 is 0. The van der Waals surface area contributed by atoms with Crippen molar-refractivity contribution in [3.05, 3.63) is 41.4 Å². The van der Waals surface area contributed by atoms with E-state index in [2.05, 4.69) is 4.98 Å². The first kappa shape index (κ1) is 11.4. The van der Waals surface area contributed by atoms with Crippen LogP contribution in [-0.4, -0.2) is 20.6 Å². The lowest BCUT2D eigenvalue weighted by molar-refractivity contribution is 0.0696. The van der Waals surface area contributed by atoms with Gasteiger partial charge in [0.05, 0.1) is 18.4 Å². The number of carbonyl (C=O) groups is 1. The first-order valence-electron chi connectivity index (χ1n) is 4.81. The first-order valence-corrected chi connectivity index (χ1v) is 4.81. The molecule has 7 nitrogen and oxygen atoms in total. The second-order valence-electron chi connectivity index (χ2n) is 3.40. The lowest BCUT2D eigenvalue weighted by Gasteiger charge is -1.99. The van der Waals surface area contributed by atoms with E-state index in [0.29, 0.717) is 5.76 Å². The molecule has 2 aromatic heterocycles. The van der Waals surface area contributed by atoms with Crippen molar-refractivity contribution in [2.45, 2.75) is 6.54 Å². The van der Waals surface area contributed by atoms with Crippen LogP contribution in [0.3, 0.4) is 0 Å². The van der Waals surface area contributed by atoms with Crippen LogP contribution >= 0.6 is 0 Å². The zero-order chi connectivity index (χ0) is 13.1. The highest BCUT2D eigenvalue weighted by Crippen LogP contribution is 2.12. The third kappa shape index (κ3) is 1.93. The number of hydrogen-bond donors (Lipinski definition) is 1. The van der Waals surface area contributed by atoms with E-state index in [-0.39, 0.29) is 23.5 Å². The Balaban J connectivity index is 2.29. The number of hydrogen-bond acceptors (Lipinski definition) is 5. The summed E-state index contributed by atoms with van der Waals surface area (Å²) in [7, 11) is 0. The molecule has 0 bridgehead atoms. The number of carboxylic acid groups (broad SMARTS) is 1. The average Bonchev–Trinajstić information content (AvgIpc) is 2.95. The van der Waals surface area contributed by atoms with Gasteiger partial charge in [-0.15, -0.1) is 0 Å². The molecule has 88 valence electrons. The molecule has 1 N–H and O–H groups in total. The Bertz CT molecular complexity index is 684. The van der Waals surface area contributed by atoms with Crippen LogP contribution in [0.2, 0.25) is 0 Å². The van der Waals surface area contributed by atoms with Gasteiger partial charge < -0.3 is 14.1 Å². The minimum atomic E-state index is -1.09. The van der Waals surface area contributed by atoms with Gasteiger partial charge in [0.2, 0.25) is 0 Å². The van der Waals surface area contributed by atoms with Crippen molar-refractivity contribution in [1.29, 1.82) is 10.5 Å². The molecule has 0 aliphatic heterocycles. The quantitative estimate of drug-likeness (QED) is 0.856. The Morgan fingerprint density at radius 1 is 1.50 bits per heavy atom. The maximum atomic E-state index is 10.7. The highest BCUT2D eigenvalue weighted by molar-refractivity contribution is 5.87. The van der Waals surface area contributed by atoms with E-state index >= 15 is 0 Å². The fraction of sp³-hybridized carbons (Fsp3) is 0.0909. The first-order chi connectivity index (χ1) is 8.65. The van der Waals surface area contributed by atoms with E-state index in [1.165, 1.54) is 17.0 Å². The Morgan fingerprint density at radius 2 is 2.28 bits per heavy atom. The fourth-order valence-corrected chi connectivity index (χ4v) is 1.44. The molecule has 0 saturated heterocycles. The molecule has 0 aliphatic carbocycles. The maximum absolute atomic E-state index is 10.7. The minimum Gasteiger partial charge on any atom is -0.478 e. The number of aromatic carboxylic acids is 1. The van der Waals surface area contributed by atoms with Gasteiger partial charge in [-0.2, -0.15) is 10.5 Å². The van der Waals surface area contributed by atoms with Crippen molar-refractivity contribution in [2.24, 2.45) is 0 Å². The van der Waals surface area contributed by atoms with E-state index in [1.54, 1.807) is 6.07 Å². The van der Waals surface area contributed by atoms with Crippen molar-refractivity contribution in [1.82, 2.24) is 9.55 Å². The lowest BCUT2D eigenvalue weighted by atomic mass is 10.3. The fourth-order valence-electron chi connectivity index (χ4n) is 1.44. The van der Waals surface area contributed by atoms with Gasteiger partial charge in [0, 0.05) is 0 Å². The molecule has 0 fully saturated rings. The number of aromatic nitrogens is 2. The van der Waals surface area contributed by atoms with Crippen LogP contribution in [0.25, 0.3) is 0 Å². The summed E-state index contributed by atoms with van der Waals surface area (Å²) in [5, 5.41) is 26.4. The molecule has 7 heteroatoms. The smallest absolute Gasteiger partial charge is 0.338 e. The average molecular weight is 242 g/mol. The number of furan rings is 1. The van der Waals surface area contributed by atoms with Crippen LogP contribution in [0, 0.1) is 22.7 Å². The molecule has 0 amide bonds. The van der Waals surface area contributed by atoms with Gasteiger partial charge in [-0.3, -0.25) is 0 Å². The third-order valence-electron chi connectivity index (χ3n) is 2.28. The summed E-state index contributed by atoms with van der Waals surface area (Å²) in [5.74, 6) is -0.723. The Hall–Kier alpha value is -3.06. The summed E-state index contributed by atoms with van der Waals surface area (Å²) in [6.45, 7) is 0.144. The Kier molecular flexibility index (Phi) is 2.82. The molecule has 0 aliphatic rings. The summed E-state index contributed by atoms with van der Waals surface area (Å²) < 4.78 is 6.47. The van der Waals surface area contributed by atoms with Crippen molar-refractivity contribution in [3.63, 3.8) is 0 Å². The summed E-state index contributed by atoms with van der Waals surface area (Å²) in [5.41, 5.74) is 0.178. The molecular weight excluding hydrogens is 236 g/mol. The van der Waals surface area contributed by atoms with Crippen LogP contribution < -0.4 is 0 Å². The van der Waals surface area contributed by atoms with Crippen LogP contribution in [0.4, 0.5) is 0 Å². The molecule has 2 rings (SSSR count). The van der Waals surface area contributed by atoms with Gasteiger partial charge >= 0.3 is 5.97 Å². The second kappa shape index (κ2) is 4.44. The lowest BCUT2D eigenvalue weighted by Crippen LogP contribution is -2.00. The molecule has 0 spiro atoms. The van der Waals surface area contributed by atoms with Gasteiger partial charge in [-0.25, -0.2) is 9.78 Å². The van der Waals surface area contributed by atoms with Gasteiger partial charge in [-0.1, -0.05) is 0 Å². The van der Waals surface area contributed by atoms with Gasteiger partial charge in [-0.05, 0) is 6.07 Å². The van der Waals surface area contributed by atoms with E-state index in [9.17, 15) is 4.79 Å². The van der Waals surface area contributed by atoms with E-state index in [4.69, 9.17) is 20.0 Å². The maximum Gasteiger partial charge on any atom is 0.338 e. The number of nitriles is 2. The highest BCUT2D eigenvalue weighted by Gasteiger charge is 2.13. The number of carboxylic acids is 1. The normalized spacial score (nSPS) is 9.67. The zero-order valence-corrected chi connectivity index (χ0v) is 8.99. The van der Waals surface area contributed by atoms with Crippen LogP contribution in [0.5, 0.6) is 0 Å². The van der Waals surface area contributed by atoms with Crippen LogP contribution in [0.15, 0.2) is 23.1 Å². The van der Waals surface area contributed by atoms with Gasteiger partial charge in [0.15, 0.2) is 11.4 Å². The topological polar surface area (TPSA) is 116 Å². The van der Waals surface area contributed by atoms with Crippen molar-refractivity contribution >= 4 is 5.97 Å². The molecule has 2 heterocycles. The van der Waals surface area contributed by atoms with Crippen LogP contribution in [-0.2, 0) is 6.54 Å². The predicted molar refractivity (Wildman–Crippen MR) is 56.4 cm³/mol. The molecule has 0 atom stereocenters. The minimum absolute atomic E-state index is 0.0301. The van der Waals surface area contributed by atoms with E-state index < -0.39 is 5.97 Å². The summed E-state index contributed by atoms with van der Waals surface area (Å²) in [6.07, 6.45) is 2.45. The Labute approximate surface area is 101 Å². The van der Waals surface area contributed by atoms with E-state index in [1.807, 2.05) is 6.07 Å². The second-order valence-corrected chi connectivity index (χ2v) is 3.40. The Morgan fingerprint density at radius 3 is 2.83 bits per heavy atom. The monoisotopic (exact) mass is 242 g/mol. The summed E-state index contributed by atoms with van der Waals surface area (Å²) in [4.78, 5) is 14.4. The van der Waals surface area contributed by atoms with Gasteiger partial charge in [0.1, 0.15) is 24.2 Å². The number of imidazole rings is 1. The van der Waals surface area contributed by atoms with Crippen LogP contribution in [0.1, 0.15) is 27.5 Å². The molecular formula is C11H6N4O3. The molecule has 0 saturated carbocycles. The molecule has 2 aromatic rings. The van der Waals surface area contributed by atoms with E-state index in [0.717, 1.165) is 6.26 Å². The van der Waals surface area contributed by atoms with Crippen molar-refractivity contribution in [3.8, 4) is 12.1 Å². The molecule has 0 aromatic carbocycles.